The minimum absolute atomic E-state index is 0.0602. The summed E-state index contributed by atoms with van der Waals surface area (Å²) in [6.07, 6.45) is 1.09. The zero-order valence-electron chi connectivity index (χ0n) is 12.6. The number of amides is 1. The van der Waals surface area contributed by atoms with Gasteiger partial charge < -0.3 is 10.7 Å². The van der Waals surface area contributed by atoms with Gasteiger partial charge in [0.05, 0.1) is 0 Å². The monoisotopic (exact) mass is 333 g/mol. The topological polar surface area (TPSA) is 107 Å². The molecule has 0 aliphatic heterocycles. The summed E-state index contributed by atoms with van der Waals surface area (Å²) in [6, 6.07) is 3.22. The van der Waals surface area contributed by atoms with Crippen LogP contribution in [0.5, 0.6) is 0 Å². The Bertz CT molecular complexity index is 989. The Morgan fingerprint density at radius 3 is 2.54 bits per heavy atom. The minimum atomic E-state index is -0.936. The molecule has 1 aromatic carbocycles. The molecule has 1 amide bonds. The number of aryl methyl sites for hydroxylation is 1. The van der Waals surface area contributed by atoms with Gasteiger partial charge in [0.1, 0.15) is 28.7 Å². The zero-order chi connectivity index (χ0) is 17.4. The van der Waals surface area contributed by atoms with E-state index in [1.54, 1.807) is 0 Å². The van der Waals surface area contributed by atoms with E-state index in [4.69, 9.17) is 5.73 Å². The largest absolute Gasteiger partial charge is 0.364 e. The van der Waals surface area contributed by atoms with E-state index < -0.39 is 28.9 Å². The minimum Gasteiger partial charge on any atom is -0.364 e. The molecule has 0 radical (unpaired) electrons. The number of aromatic amines is 1. The van der Waals surface area contributed by atoms with Crippen molar-refractivity contribution in [1.29, 1.82) is 0 Å². The maximum absolute atomic E-state index is 14.1. The number of nitrogens with two attached hydrogens (primary N) is 1. The average Bonchev–Trinajstić information content (AvgIpc) is 2.83. The number of nitrogens with one attached hydrogen (secondary N) is 1. The van der Waals surface area contributed by atoms with Gasteiger partial charge in [-0.15, -0.1) is 0 Å². The number of hydrogen-bond donors (Lipinski definition) is 2. The number of primary amides is 1. The summed E-state index contributed by atoms with van der Waals surface area (Å²) in [6.45, 7) is 1.87. The number of carbonyl (C=O) groups is 1. The van der Waals surface area contributed by atoms with Crippen LogP contribution in [0.25, 0.3) is 16.9 Å². The third kappa shape index (κ3) is 2.43. The van der Waals surface area contributed by atoms with Crippen LogP contribution in [-0.2, 0) is 6.42 Å². The Morgan fingerprint density at radius 2 is 1.96 bits per heavy atom. The predicted molar refractivity (Wildman–Crippen MR) is 81.9 cm³/mol. The van der Waals surface area contributed by atoms with Crippen molar-refractivity contribution in [2.75, 3.05) is 0 Å². The van der Waals surface area contributed by atoms with E-state index in [0.29, 0.717) is 12.8 Å². The van der Waals surface area contributed by atoms with E-state index >= 15 is 0 Å². The quantitative estimate of drug-likeness (QED) is 0.753. The molecule has 3 aromatic rings. The molecule has 24 heavy (non-hydrogen) atoms. The number of nitrogens with zero attached hydrogens (tertiary/aromatic N) is 3. The summed E-state index contributed by atoms with van der Waals surface area (Å²) >= 11 is 0. The maximum Gasteiger partial charge on any atom is 0.332 e. The summed E-state index contributed by atoms with van der Waals surface area (Å²) in [4.78, 5) is 34.4. The molecule has 9 heteroatoms. The first-order chi connectivity index (χ1) is 11.4. The molecule has 0 bridgehead atoms. The van der Waals surface area contributed by atoms with Crippen molar-refractivity contribution in [3.8, 4) is 5.69 Å². The summed E-state index contributed by atoms with van der Waals surface area (Å²) in [7, 11) is 0. The van der Waals surface area contributed by atoms with Crippen molar-refractivity contribution in [3.63, 3.8) is 0 Å². The van der Waals surface area contributed by atoms with Gasteiger partial charge >= 0.3 is 5.69 Å². The maximum atomic E-state index is 14.1. The highest BCUT2D eigenvalue weighted by atomic mass is 19.1. The highest BCUT2D eigenvalue weighted by Gasteiger charge is 2.22. The third-order valence-corrected chi connectivity index (χ3v) is 3.45. The smallest absolute Gasteiger partial charge is 0.332 e. The normalized spacial score (nSPS) is 11.1. The molecule has 0 aliphatic carbocycles. The molecule has 2 aromatic heterocycles. The van der Waals surface area contributed by atoms with Crippen molar-refractivity contribution in [2.24, 2.45) is 5.73 Å². The molecule has 0 saturated carbocycles. The molecule has 2 heterocycles. The lowest BCUT2D eigenvalue weighted by atomic mass is 10.2. The van der Waals surface area contributed by atoms with Crippen LogP contribution in [-0.4, -0.2) is 25.4 Å². The van der Waals surface area contributed by atoms with Gasteiger partial charge in [0.15, 0.2) is 11.3 Å². The molecule has 0 atom stereocenters. The first kappa shape index (κ1) is 15.8. The van der Waals surface area contributed by atoms with Gasteiger partial charge in [-0.1, -0.05) is 13.0 Å². The van der Waals surface area contributed by atoms with Crippen LogP contribution in [0.1, 0.15) is 29.7 Å². The first-order valence-corrected chi connectivity index (χ1v) is 7.19. The van der Waals surface area contributed by atoms with Gasteiger partial charge in [0.25, 0.3) is 5.91 Å². The molecule has 0 saturated heterocycles. The average molecular weight is 333 g/mol. The number of fused-ring (bicyclic) bond motifs is 1. The Hall–Kier alpha value is -3.10. The van der Waals surface area contributed by atoms with Crippen LogP contribution >= 0.6 is 0 Å². The molecule has 7 nitrogen and oxygen atoms in total. The standard InChI is InChI=1S/C15H13F2N5O2/c1-2-4-9-19-10(13(18)23)11-14(20-9)22(15(24)21-11)12-7(16)5-3-6-8(12)17/h3,5-6H,2,4H2,1H3,(H2,18,23)(H,21,24). The van der Waals surface area contributed by atoms with Crippen LogP contribution in [0, 0.1) is 11.6 Å². The van der Waals surface area contributed by atoms with Crippen LogP contribution in [0.3, 0.4) is 0 Å². The van der Waals surface area contributed by atoms with E-state index in [-0.39, 0.29) is 22.7 Å². The number of aromatic nitrogens is 4. The second-order valence-corrected chi connectivity index (χ2v) is 5.14. The molecule has 0 aliphatic rings. The molecule has 0 spiro atoms. The fraction of sp³-hybridized carbons (Fsp3) is 0.200. The molecule has 0 unspecified atom stereocenters. The fourth-order valence-corrected chi connectivity index (χ4v) is 2.45. The van der Waals surface area contributed by atoms with E-state index in [9.17, 15) is 18.4 Å². The van der Waals surface area contributed by atoms with Crippen LogP contribution in [0.4, 0.5) is 8.78 Å². The molecular formula is C15H13F2N5O2. The van der Waals surface area contributed by atoms with Crippen molar-refractivity contribution >= 4 is 17.1 Å². The number of carbonyl (C=O) groups excluding carboxylic acids is 1. The van der Waals surface area contributed by atoms with Crippen molar-refractivity contribution < 1.29 is 13.6 Å². The number of H-pyrrole nitrogens is 1. The lowest BCUT2D eigenvalue weighted by molar-refractivity contribution is 0.0996. The number of benzene rings is 1. The summed E-state index contributed by atoms with van der Waals surface area (Å²) in [5.74, 6) is -2.49. The van der Waals surface area contributed by atoms with Gasteiger partial charge in [0.2, 0.25) is 0 Å². The SMILES string of the molecule is CCCc1nc(C(N)=O)c2[nH]c(=O)n(-c3c(F)cccc3F)c2n1. The Morgan fingerprint density at radius 1 is 1.29 bits per heavy atom. The van der Waals surface area contributed by atoms with Crippen LogP contribution < -0.4 is 11.4 Å². The molecular weight excluding hydrogens is 320 g/mol. The van der Waals surface area contributed by atoms with Gasteiger partial charge in [-0.25, -0.2) is 28.1 Å². The van der Waals surface area contributed by atoms with Gasteiger partial charge in [-0.3, -0.25) is 4.79 Å². The first-order valence-electron chi connectivity index (χ1n) is 7.19. The number of rotatable bonds is 4. The van der Waals surface area contributed by atoms with Crippen LogP contribution in [0.2, 0.25) is 0 Å². The third-order valence-electron chi connectivity index (χ3n) is 3.45. The number of para-hydroxylation sites is 1. The van der Waals surface area contributed by atoms with E-state index in [2.05, 4.69) is 15.0 Å². The number of imidazole rings is 1. The van der Waals surface area contributed by atoms with Gasteiger partial charge in [-0.05, 0) is 18.6 Å². The zero-order valence-corrected chi connectivity index (χ0v) is 12.6. The molecule has 3 rings (SSSR count). The number of halogens is 2. The lowest BCUT2D eigenvalue weighted by Gasteiger charge is -2.07. The van der Waals surface area contributed by atoms with E-state index in [1.807, 2.05) is 6.92 Å². The molecule has 3 N–H and O–H groups in total. The fourth-order valence-electron chi connectivity index (χ4n) is 2.45. The lowest BCUT2D eigenvalue weighted by Crippen LogP contribution is -2.18. The van der Waals surface area contributed by atoms with Gasteiger partial charge in [0, 0.05) is 6.42 Å². The Labute approximate surface area is 134 Å². The van der Waals surface area contributed by atoms with Crippen molar-refractivity contribution in [3.05, 3.63) is 51.8 Å². The van der Waals surface area contributed by atoms with Gasteiger partial charge in [-0.2, -0.15) is 0 Å². The van der Waals surface area contributed by atoms with Crippen molar-refractivity contribution in [2.45, 2.75) is 19.8 Å². The Balaban J connectivity index is 2.43. The van der Waals surface area contributed by atoms with E-state index in [0.717, 1.165) is 16.7 Å². The second kappa shape index (κ2) is 5.84. The van der Waals surface area contributed by atoms with Crippen molar-refractivity contribution in [1.82, 2.24) is 19.5 Å². The van der Waals surface area contributed by atoms with E-state index in [1.165, 1.54) is 6.07 Å². The predicted octanol–water partition coefficient (Wildman–Crippen LogP) is 1.44. The Kier molecular flexibility index (Phi) is 3.84. The number of hydrogen-bond acceptors (Lipinski definition) is 4. The summed E-state index contributed by atoms with van der Waals surface area (Å²) in [5, 5.41) is 0. The molecule has 124 valence electrons. The molecule has 0 fully saturated rings. The second-order valence-electron chi connectivity index (χ2n) is 5.14. The highest BCUT2D eigenvalue weighted by molar-refractivity contribution is 6.01. The summed E-state index contributed by atoms with van der Waals surface area (Å²) < 4.78 is 28.9. The van der Waals surface area contributed by atoms with Crippen LogP contribution in [0.15, 0.2) is 23.0 Å². The summed E-state index contributed by atoms with van der Waals surface area (Å²) in [5.41, 5.74) is 3.51. The highest BCUT2D eigenvalue weighted by Crippen LogP contribution is 2.21.